The van der Waals surface area contributed by atoms with Crippen molar-refractivity contribution >= 4 is 5.91 Å². The molecule has 144 valence electrons. The maximum absolute atomic E-state index is 12.9. The lowest BCUT2D eigenvalue weighted by atomic mass is 9.87. The number of benzene rings is 1. The Morgan fingerprint density at radius 3 is 2.48 bits per heavy atom. The van der Waals surface area contributed by atoms with Gasteiger partial charge in [0.25, 0.3) is 5.91 Å². The molecule has 2 heterocycles. The Kier molecular flexibility index (Phi) is 6.22. The minimum Gasteiger partial charge on any atom is -0.392 e. The molecular formula is C22H29N3O2. The van der Waals surface area contributed by atoms with Crippen molar-refractivity contribution < 1.29 is 9.90 Å². The van der Waals surface area contributed by atoms with Crippen molar-refractivity contribution in [3.63, 3.8) is 0 Å². The fraction of sp³-hybridized carbons (Fsp3) is 0.500. The largest absolute Gasteiger partial charge is 0.392 e. The zero-order valence-corrected chi connectivity index (χ0v) is 16.4. The summed E-state index contributed by atoms with van der Waals surface area (Å²) in [5.41, 5.74) is 2.48. The first kappa shape index (κ1) is 19.5. The molecule has 0 radical (unpaired) electrons. The molecule has 5 nitrogen and oxygen atoms in total. The molecular weight excluding hydrogens is 338 g/mol. The van der Waals surface area contributed by atoms with Crippen LogP contribution in [0.15, 0.2) is 36.5 Å². The predicted octanol–water partition coefficient (Wildman–Crippen LogP) is 3.36. The summed E-state index contributed by atoms with van der Waals surface area (Å²) >= 11 is 0. The van der Waals surface area contributed by atoms with Crippen LogP contribution in [0.1, 0.15) is 60.0 Å². The number of piperidine rings is 1. The van der Waals surface area contributed by atoms with Crippen LogP contribution < -0.4 is 0 Å². The van der Waals surface area contributed by atoms with Gasteiger partial charge in [-0.25, -0.2) is 9.97 Å². The normalized spacial score (nSPS) is 16.6. The number of aliphatic hydroxyl groups is 1. The van der Waals surface area contributed by atoms with Crippen molar-refractivity contribution in [2.24, 2.45) is 5.92 Å². The van der Waals surface area contributed by atoms with Gasteiger partial charge in [0.2, 0.25) is 0 Å². The van der Waals surface area contributed by atoms with E-state index in [1.54, 1.807) is 6.20 Å². The molecule has 0 spiro atoms. The van der Waals surface area contributed by atoms with Crippen LogP contribution in [0.4, 0.5) is 0 Å². The van der Waals surface area contributed by atoms with E-state index < -0.39 is 0 Å². The molecule has 27 heavy (non-hydrogen) atoms. The third kappa shape index (κ3) is 4.72. The summed E-state index contributed by atoms with van der Waals surface area (Å²) in [5.74, 6) is 1.25. The van der Waals surface area contributed by atoms with Crippen molar-refractivity contribution in [3.8, 4) is 0 Å². The topological polar surface area (TPSA) is 66.3 Å². The first-order valence-electron chi connectivity index (χ1n) is 9.80. The number of aryl methyl sites for hydroxylation is 1. The number of aromatic nitrogens is 2. The number of nitrogens with zero attached hydrogens (tertiary/aromatic N) is 3. The Hall–Kier alpha value is -2.27. The third-order valence-electron chi connectivity index (χ3n) is 5.40. The highest BCUT2D eigenvalue weighted by atomic mass is 16.3. The molecule has 3 rings (SSSR count). The van der Waals surface area contributed by atoms with Gasteiger partial charge in [-0.1, -0.05) is 44.2 Å². The van der Waals surface area contributed by atoms with E-state index in [9.17, 15) is 9.90 Å². The molecule has 1 aliphatic heterocycles. The van der Waals surface area contributed by atoms with Gasteiger partial charge in [-0.15, -0.1) is 0 Å². The summed E-state index contributed by atoms with van der Waals surface area (Å²) in [6.45, 7) is 7.29. The van der Waals surface area contributed by atoms with E-state index in [-0.39, 0.29) is 23.8 Å². The second-order valence-electron chi connectivity index (χ2n) is 7.77. The van der Waals surface area contributed by atoms with E-state index in [1.165, 1.54) is 0 Å². The monoisotopic (exact) mass is 367 g/mol. The number of aliphatic hydroxyl groups excluding tert-OH is 1. The molecule has 1 aromatic heterocycles. The highest BCUT2D eigenvalue weighted by molar-refractivity contribution is 5.95. The second kappa shape index (κ2) is 8.61. The van der Waals surface area contributed by atoms with E-state index in [2.05, 4.69) is 9.97 Å². The minimum absolute atomic E-state index is 0.00111. The average Bonchev–Trinajstić information content (AvgIpc) is 2.68. The van der Waals surface area contributed by atoms with Gasteiger partial charge in [0.1, 0.15) is 5.82 Å². The molecule has 1 atom stereocenters. The number of amides is 1. The standard InChI is InChI=1S/C22H29N3O2/c1-15(2)21-23-14-19(16(3)24-21)22(27)25-11-9-18(10-12-25)20(26)13-17-7-5-4-6-8-17/h4-8,14-15,18,20,26H,9-13H2,1-3H3. The second-order valence-corrected chi connectivity index (χ2v) is 7.77. The van der Waals surface area contributed by atoms with Crippen LogP contribution in [0.3, 0.4) is 0 Å². The highest BCUT2D eigenvalue weighted by Crippen LogP contribution is 2.24. The van der Waals surface area contributed by atoms with Crippen LogP contribution in [-0.4, -0.2) is 45.1 Å². The van der Waals surface area contributed by atoms with E-state index in [0.717, 1.165) is 29.9 Å². The van der Waals surface area contributed by atoms with Gasteiger partial charge >= 0.3 is 0 Å². The smallest absolute Gasteiger partial charge is 0.257 e. The van der Waals surface area contributed by atoms with E-state index in [1.807, 2.05) is 56.0 Å². The maximum Gasteiger partial charge on any atom is 0.257 e. The Morgan fingerprint density at radius 2 is 1.89 bits per heavy atom. The zero-order chi connectivity index (χ0) is 19.4. The van der Waals surface area contributed by atoms with Crippen LogP contribution in [0, 0.1) is 12.8 Å². The van der Waals surface area contributed by atoms with Gasteiger partial charge in [0.05, 0.1) is 17.4 Å². The van der Waals surface area contributed by atoms with Gasteiger partial charge in [-0.05, 0) is 37.7 Å². The maximum atomic E-state index is 12.9. The number of hydrogen-bond acceptors (Lipinski definition) is 4. The lowest BCUT2D eigenvalue weighted by molar-refractivity contribution is 0.0466. The Morgan fingerprint density at radius 1 is 1.22 bits per heavy atom. The molecule has 1 N–H and O–H groups in total. The SMILES string of the molecule is Cc1nc(C(C)C)ncc1C(=O)N1CCC(C(O)Cc2ccccc2)CC1. The number of likely N-dealkylation sites (tertiary alicyclic amines) is 1. The van der Waals surface area contributed by atoms with Crippen LogP contribution in [0.5, 0.6) is 0 Å². The third-order valence-corrected chi connectivity index (χ3v) is 5.40. The van der Waals surface area contributed by atoms with Crippen molar-refractivity contribution in [3.05, 3.63) is 59.2 Å². The number of carbonyl (C=O) groups is 1. The summed E-state index contributed by atoms with van der Waals surface area (Å²) < 4.78 is 0. The zero-order valence-electron chi connectivity index (χ0n) is 16.4. The Bertz CT molecular complexity index is 768. The van der Waals surface area contributed by atoms with Gasteiger partial charge in [0.15, 0.2) is 0 Å². The minimum atomic E-state index is -0.361. The molecule has 0 saturated carbocycles. The van der Waals surface area contributed by atoms with Crippen LogP contribution in [-0.2, 0) is 6.42 Å². The van der Waals surface area contributed by atoms with Crippen molar-refractivity contribution in [2.75, 3.05) is 13.1 Å². The lowest BCUT2D eigenvalue weighted by Gasteiger charge is -2.34. The van der Waals surface area contributed by atoms with Crippen molar-refractivity contribution in [1.82, 2.24) is 14.9 Å². The lowest BCUT2D eigenvalue weighted by Crippen LogP contribution is -2.42. The first-order chi connectivity index (χ1) is 13.0. The molecule has 2 aromatic rings. The van der Waals surface area contributed by atoms with Crippen molar-refractivity contribution in [1.29, 1.82) is 0 Å². The summed E-state index contributed by atoms with van der Waals surface area (Å²) in [4.78, 5) is 23.5. The number of rotatable bonds is 5. The molecule has 1 amide bonds. The molecule has 1 fully saturated rings. The molecule has 5 heteroatoms. The fourth-order valence-electron chi connectivity index (χ4n) is 3.65. The molecule has 0 aliphatic carbocycles. The van der Waals surface area contributed by atoms with Crippen molar-refractivity contribution in [2.45, 2.75) is 52.1 Å². The summed E-state index contributed by atoms with van der Waals surface area (Å²) in [6.07, 6.45) is 3.62. The Labute approximate surface area is 161 Å². The van der Waals surface area contributed by atoms with Crippen LogP contribution in [0.2, 0.25) is 0 Å². The molecule has 1 saturated heterocycles. The van der Waals surface area contributed by atoms with Gasteiger partial charge in [-0.3, -0.25) is 4.79 Å². The van der Waals surface area contributed by atoms with Gasteiger partial charge < -0.3 is 10.0 Å². The van der Waals surface area contributed by atoms with E-state index >= 15 is 0 Å². The predicted molar refractivity (Wildman–Crippen MR) is 106 cm³/mol. The summed E-state index contributed by atoms with van der Waals surface area (Å²) in [6, 6.07) is 10.1. The molecule has 1 aliphatic rings. The molecule has 0 bridgehead atoms. The van der Waals surface area contributed by atoms with Gasteiger partial charge in [-0.2, -0.15) is 0 Å². The van der Waals surface area contributed by atoms with E-state index in [0.29, 0.717) is 25.1 Å². The van der Waals surface area contributed by atoms with Crippen LogP contribution >= 0.6 is 0 Å². The van der Waals surface area contributed by atoms with Crippen LogP contribution in [0.25, 0.3) is 0 Å². The Balaban J connectivity index is 1.58. The van der Waals surface area contributed by atoms with E-state index in [4.69, 9.17) is 0 Å². The molecule has 1 aromatic carbocycles. The number of carbonyl (C=O) groups excluding carboxylic acids is 1. The molecule has 1 unspecified atom stereocenters. The summed E-state index contributed by atoms with van der Waals surface area (Å²) in [7, 11) is 0. The number of hydrogen-bond donors (Lipinski definition) is 1. The summed E-state index contributed by atoms with van der Waals surface area (Å²) in [5, 5.41) is 10.6. The van der Waals surface area contributed by atoms with Gasteiger partial charge in [0, 0.05) is 25.2 Å². The average molecular weight is 367 g/mol. The quantitative estimate of drug-likeness (QED) is 0.880. The first-order valence-corrected chi connectivity index (χ1v) is 9.80. The fourth-order valence-corrected chi connectivity index (χ4v) is 3.65. The highest BCUT2D eigenvalue weighted by Gasteiger charge is 2.29.